The van der Waals surface area contributed by atoms with Gasteiger partial charge in [0.25, 0.3) is 0 Å². The molecule has 2 aliphatic rings. The molecule has 31 heavy (non-hydrogen) atoms. The number of hydrogen-bond donors (Lipinski definition) is 2. The van der Waals surface area contributed by atoms with Crippen LogP contribution in [0.15, 0.2) is 36.5 Å². The second-order valence-corrected chi connectivity index (χ2v) is 8.36. The molecule has 1 aromatic carbocycles. The molecule has 2 amide bonds. The summed E-state index contributed by atoms with van der Waals surface area (Å²) in [5, 5.41) is 5.43. The summed E-state index contributed by atoms with van der Waals surface area (Å²) in [4.78, 5) is 21.0. The van der Waals surface area contributed by atoms with Crippen molar-refractivity contribution in [1.29, 1.82) is 0 Å². The van der Waals surface area contributed by atoms with Crippen LogP contribution in [-0.2, 0) is 4.74 Å². The number of piperidine rings is 1. The lowest BCUT2D eigenvalue weighted by Gasteiger charge is -2.37. The summed E-state index contributed by atoms with van der Waals surface area (Å²) >= 11 is 0. The van der Waals surface area contributed by atoms with Crippen molar-refractivity contribution >= 4 is 28.9 Å². The SMILES string of the molecule is C[C@H]1CN(c2ccc(NC(=O)Nc3ccc(N4CCCCC4)nc3)cc2F)C[C@H](C)O1. The third-order valence-corrected chi connectivity index (χ3v) is 5.65. The lowest BCUT2D eigenvalue weighted by atomic mass is 10.1. The zero-order chi connectivity index (χ0) is 21.8. The van der Waals surface area contributed by atoms with E-state index in [1.807, 2.05) is 30.9 Å². The number of hydrogen-bond acceptors (Lipinski definition) is 5. The number of ether oxygens (including phenoxy) is 1. The Kier molecular flexibility index (Phi) is 6.56. The second kappa shape index (κ2) is 9.51. The van der Waals surface area contributed by atoms with Crippen LogP contribution in [0.4, 0.5) is 32.1 Å². The largest absolute Gasteiger partial charge is 0.372 e. The van der Waals surface area contributed by atoms with E-state index in [4.69, 9.17) is 4.74 Å². The lowest BCUT2D eigenvalue weighted by Crippen LogP contribution is -2.45. The molecular formula is C23H30FN5O2. The number of anilines is 4. The van der Waals surface area contributed by atoms with Gasteiger partial charge in [-0.15, -0.1) is 0 Å². The van der Waals surface area contributed by atoms with Crippen molar-refractivity contribution in [2.75, 3.05) is 46.6 Å². The summed E-state index contributed by atoms with van der Waals surface area (Å²) in [5.41, 5.74) is 1.50. The molecule has 3 heterocycles. The van der Waals surface area contributed by atoms with Crippen LogP contribution in [0.1, 0.15) is 33.1 Å². The van der Waals surface area contributed by atoms with Gasteiger partial charge in [-0.25, -0.2) is 14.2 Å². The average molecular weight is 428 g/mol. The first-order chi connectivity index (χ1) is 15.0. The molecule has 0 aliphatic carbocycles. The highest BCUT2D eigenvalue weighted by Gasteiger charge is 2.24. The van der Waals surface area contributed by atoms with E-state index in [1.54, 1.807) is 18.3 Å². The number of rotatable bonds is 4. The van der Waals surface area contributed by atoms with Crippen LogP contribution in [0.25, 0.3) is 0 Å². The van der Waals surface area contributed by atoms with Crippen LogP contribution >= 0.6 is 0 Å². The number of aromatic nitrogens is 1. The van der Waals surface area contributed by atoms with Gasteiger partial charge in [0.05, 0.1) is 29.8 Å². The van der Waals surface area contributed by atoms with Crippen LogP contribution < -0.4 is 20.4 Å². The Labute approximate surface area is 182 Å². The average Bonchev–Trinajstić information content (AvgIpc) is 2.74. The predicted molar refractivity (Wildman–Crippen MR) is 122 cm³/mol. The number of nitrogens with zero attached hydrogens (tertiary/aromatic N) is 3. The Hall–Kier alpha value is -2.87. The molecule has 2 atom stereocenters. The van der Waals surface area contributed by atoms with Gasteiger partial charge in [0, 0.05) is 31.9 Å². The Morgan fingerprint density at radius 1 is 1.00 bits per heavy atom. The van der Waals surface area contributed by atoms with Crippen molar-refractivity contribution in [1.82, 2.24) is 4.98 Å². The quantitative estimate of drug-likeness (QED) is 0.754. The molecule has 0 radical (unpaired) electrons. The summed E-state index contributed by atoms with van der Waals surface area (Å²) in [6.45, 7) is 7.27. The number of benzene rings is 1. The smallest absolute Gasteiger partial charge is 0.323 e. The molecule has 7 nitrogen and oxygen atoms in total. The van der Waals surface area contributed by atoms with Crippen molar-refractivity contribution in [2.45, 2.75) is 45.3 Å². The molecule has 0 spiro atoms. The van der Waals surface area contributed by atoms with E-state index >= 15 is 0 Å². The van der Waals surface area contributed by atoms with Gasteiger partial charge in [-0.05, 0) is 63.4 Å². The fourth-order valence-corrected chi connectivity index (χ4v) is 4.28. The Bertz CT molecular complexity index is 891. The van der Waals surface area contributed by atoms with E-state index < -0.39 is 6.03 Å². The van der Waals surface area contributed by atoms with Gasteiger partial charge in [0.15, 0.2) is 0 Å². The van der Waals surface area contributed by atoms with Crippen molar-refractivity contribution in [3.8, 4) is 0 Å². The lowest BCUT2D eigenvalue weighted by molar-refractivity contribution is -0.00539. The molecule has 0 unspecified atom stereocenters. The number of urea groups is 1. The summed E-state index contributed by atoms with van der Waals surface area (Å²) in [6, 6.07) is 8.07. The van der Waals surface area contributed by atoms with E-state index in [1.165, 1.54) is 25.3 Å². The monoisotopic (exact) mass is 427 g/mol. The number of halogens is 1. The molecule has 0 saturated carbocycles. The fraction of sp³-hybridized carbons (Fsp3) is 0.478. The standard InChI is InChI=1S/C23H30FN5O2/c1-16-14-29(15-17(2)31-16)21-8-6-18(12-20(21)24)26-23(30)27-19-7-9-22(25-13-19)28-10-4-3-5-11-28/h6-9,12-13,16-17H,3-5,10-11,14-15H2,1-2H3,(H2,26,27,30)/t16-,17-/m0/s1. The van der Waals surface area contributed by atoms with E-state index in [0.29, 0.717) is 30.2 Å². The second-order valence-electron chi connectivity index (χ2n) is 8.36. The molecule has 4 rings (SSSR count). The number of nitrogens with one attached hydrogen (secondary N) is 2. The summed E-state index contributed by atoms with van der Waals surface area (Å²) < 4.78 is 20.4. The van der Waals surface area contributed by atoms with Gasteiger partial charge < -0.3 is 25.2 Å². The Balaban J connectivity index is 1.34. The molecule has 2 N–H and O–H groups in total. The number of morpholine rings is 1. The maximum absolute atomic E-state index is 14.7. The predicted octanol–water partition coefficient (Wildman–Crippen LogP) is 4.47. The highest BCUT2D eigenvalue weighted by atomic mass is 19.1. The topological polar surface area (TPSA) is 69.7 Å². The molecule has 166 valence electrons. The normalized spacial score (nSPS) is 21.6. The minimum Gasteiger partial charge on any atom is -0.372 e. The van der Waals surface area contributed by atoms with Gasteiger partial charge in [-0.1, -0.05) is 0 Å². The van der Waals surface area contributed by atoms with Crippen molar-refractivity contribution in [2.24, 2.45) is 0 Å². The molecule has 2 aromatic rings. The zero-order valence-electron chi connectivity index (χ0n) is 18.1. The summed E-state index contributed by atoms with van der Waals surface area (Å²) in [6.07, 6.45) is 5.37. The number of amides is 2. The van der Waals surface area contributed by atoms with Crippen molar-refractivity contribution < 1.29 is 13.9 Å². The van der Waals surface area contributed by atoms with Crippen molar-refractivity contribution in [3.63, 3.8) is 0 Å². The number of pyridine rings is 1. The third kappa shape index (κ3) is 5.44. The third-order valence-electron chi connectivity index (χ3n) is 5.65. The highest BCUT2D eigenvalue weighted by molar-refractivity contribution is 5.99. The van der Waals surface area contributed by atoms with Gasteiger partial charge in [0.1, 0.15) is 11.6 Å². The first-order valence-corrected chi connectivity index (χ1v) is 11.0. The zero-order valence-corrected chi connectivity index (χ0v) is 18.1. The highest BCUT2D eigenvalue weighted by Crippen LogP contribution is 2.26. The molecular weight excluding hydrogens is 397 g/mol. The van der Waals surface area contributed by atoms with Crippen LogP contribution in [0.2, 0.25) is 0 Å². The fourth-order valence-electron chi connectivity index (χ4n) is 4.28. The van der Waals surface area contributed by atoms with Crippen LogP contribution in [0.3, 0.4) is 0 Å². The Morgan fingerprint density at radius 2 is 1.68 bits per heavy atom. The van der Waals surface area contributed by atoms with Crippen LogP contribution in [0, 0.1) is 5.82 Å². The van der Waals surface area contributed by atoms with Gasteiger partial charge in [-0.2, -0.15) is 0 Å². The van der Waals surface area contributed by atoms with E-state index in [-0.39, 0.29) is 18.0 Å². The van der Waals surface area contributed by atoms with Gasteiger partial charge in [-0.3, -0.25) is 0 Å². The summed E-state index contributed by atoms with van der Waals surface area (Å²) in [5.74, 6) is 0.557. The molecule has 8 heteroatoms. The first-order valence-electron chi connectivity index (χ1n) is 11.0. The maximum atomic E-state index is 14.7. The van der Waals surface area contributed by atoms with Crippen LogP contribution in [0.5, 0.6) is 0 Å². The summed E-state index contributed by atoms with van der Waals surface area (Å²) in [7, 11) is 0. The van der Waals surface area contributed by atoms with Gasteiger partial charge >= 0.3 is 6.03 Å². The Morgan fingerprint density at radius 3 is 2.32 bits per heavy atom. The molecule has 1 aromatic heterocycles. The first kappa shape index (κ1) is 21.4. The van der Waals surface area contributed by atoms with Crippen molar-refractivity contribution in [3.05, 3.63) is 42.3 Å². The van der Waals surface area contributed by atoms with Gasteiger partial charge in [0.2, 0.25) is 0 Å². The minimum absolute atomic E-state index is 0.0432. The number of carbonyl (C=O) groups is 1. The van der Waals surface area contributed by atoms with Crippen LogP contribution in [-0.4, -0.2) is 49.4 Å². The van der Waals surface area contributed by atoms with E-state index in [0.717, 1.165) is 18.9 Å². The molecule has 2 saturated heterocycles. The molecule has 2 fully saturated rings. The number of carbonyl (C=O) groups excluding carboxylic acids is 1. The van der Waals surface area contributed by atoms with E-state index in [9.17, 15) is 9.18 Å². The molecule has 0 bridgehead atoms. The maximum Gasteiger partial charge on any atom is 0.323 e. The molecule has 2 aliphatic heterocycles. The minimum atomic E-state index is -0.437. The van der Waals surface area contributed by atoms with E-state index in [2.05, 4.69) is 20.5 Å².